The predicted molar refractivity (Wildman–Crippen MR) is 90.0 cm³/mol. The minimum absolute atomic E-state index is 0.275. The van der Waals surface area contributed by atoms with Crippen molar-refractivity contribution in [3.05, 3.63) is 29.8 Å². The number of rotatable bonds is 5. The topological polar surface area (TPSA) is 21.3 Å². The molecular formula is C19H31NO. The highest BCUT2D eigenvalue weighted by atomic mass is 16.5. The van der Waals surface area contributed by atoms with Gasteiger partial charge in [-0.15, -0.1) is 0 Å². The first-order valence-electron chi connectivity index (χ1n) is 8.15. The Kier molecular flexibility index (Phi) is 4.67. The molecule has 0 atom stereocenters. The molecule has 1 aliphatic carbocycles. The lowest BCUT2D eigenvalue weighted by atomic mass is 9.52. The second-order valence-electron chi connectivity index (χ2n) is 8.02. The fourth-order valence-corrected chi connectivity index (χ4v) is 3.33. The highest BCUT2D eigenvalue weighted by molar-refractivity contribution is 5.36. The summed E-state index contributed by atoms with van der Waals surface area (Å²) in [4.78, 5) is 0. The third-order valence-corrected chi connectivity index (χ3v) is 5.03. The van der Waals surface area contributed by atoms with Gasteiger partial charge in [0.25, 0.3) is 0 Å². The molecule has 0 amide bonds. The number of hydrogen-bond acceptors (Lipinski definition) is 2. The SMILES string of the molecule is COc1cccc(C2(CNC(C)C)CC(C(C)(C)C)C2)c1. The minimum atomic E-state index is 0.275. The Morgan fingerprint density at radius 2 is 1.95 bits per heavy atom. The Bertz CT molecular complexity index is 467. The van der Waals surface area contributed by atoms with Crippen molar-refractivity contribution < 1.29 is 4.74 Å². The summed E-state index contributed by atoms with van der Waals surface area (Å²) in [6, 6.07) is 9.17. The average molecular weight is 289 g/mol. The molecule has 2 nitrogen and oxygen atoms in total. The van der Waals surface area contributed by atoms with Crippen LogP contribution in [0.2, 0.25) is 0 Å². The van der Waals surface area contributed by atoms with E-state index in [9.17, 15) is 0 Å². The number of ether oxygens (including phenoxy) is 1. The van der Waals surface area contributed by atoms with E-state index in [4.69, 9.17) is 4.74 Å². The molecule has 0 bridgehead atoms. The molecule has 0 aliphatic heterocycles. The van der Waals surface area contributed by atoms with Gasteiger partial charge in [0.2, 0.25) is 0 Å². The van der Waals surface area contributed by atoms with E-state index in [1.807, 2.05) is 6.07 Å². The third-order valence-electron chi connectivity index (χ3n) is 5.03. The van der Waals surface area contributed by atoms with Gasteiger partial charge in [-0.25, -0.2) is 0 Å². The van der Waals surface area contributed by atoms with Crippen LogP contribution in [-0.2, 0) is 5.41 Å². The van der Waals surface area contributed by atoms with E-state index in [0.29, 0.717) is 11.5 Å². The molecule has 1 fully saturated rings. The van der Waals surface area contributed by atoms with Gasteiger partial charge in [0.15, 0.2) is 0 Å². The summed E-state index contributed by atoms with van der Waals surface area (Å²) < 4.78 is 5.42. The van der Waals surface area contributed by atoms with Gasteiger partial charge >= 0.3 is 0 Å². The van der Waals surface area contributed by atoms with E-state index >= 15 is 0 Å². The van der Waals surface area contributed by atoms with Gasteiger partial charge in [-0.3, -0.25) is 0 Å². The zero-order valence-electron chi connectivity index (χ0n) is 14.5. The van der Waals surface area contributed by atoms with E-state index in [-0.39, 0.29) is 5.41 Å². The number of benzene rings is 1. The predicted octanol–water partition coefficient (Wildman–Crippen LogP) is 4.39. The molecule has 0 radical (unpaired) electrons. The first-order chi connectivity index (χ1) is 9.77. The van der Waals surface area contributed by atoms with E-state index in [1.165, 1.54) is 18.4 Å². The lowest BCUT2D eigenvalue weighted by Crippen LogP contribution is -2.52. The summed E-state index contributed by atoms with van der Waals surface area (Å²) in [7, 11) is 1.75. The van der Waals surface area contributed by atoms with Crippen LogP contribution in [0.5, 0.6) is 5.75 Å². The van der Waals surface area contributed by atoms with Crippen molar-refractivity contribution in [2.75, 3.05) is 13.7 Å². The quantitative estimate of drug-likeness (QED) is 0.868. The Hall–Kier alpha value is -1.02. The molecule has 2 heteroatoms. The van der Waals surface area contributed by atoms with Crippen molar-refractivity contribution in [2.24, 2.45) is 11.3 Å². The molecule has 1 N–H and O–H groups in total. The second-order valence-corrected chi connectivity index (χ2v) is 8.02. The van der Waals surface area contributed by atoms with E-state index in [0.717, 1.165) is 18.2 Å². The maximum Gasteiger partial charge on any atom is 0.119 e. The molecule has 0 aromatic heterocycles. The van der Waals surface area contributed by atoms with Gasteiger partial charge in [0.1, 0.15) is 5.75 Å². The Morgan fingerprint density at radius 1 is 1.29 bits per heavy atom. The molecule has 1 aromatic rings. The summed E-state index contributed by atoms with van der Waals surface area (Å²) in [5, 5.41) is 3.66. The van der Waals surface area contributed by atoms with Crippen molar-refractivity contribution in [3.63, 3.8) is 0 Å². The van der Waals surface area contributed by atoms with E-state index in [2.05, 4.69) is 58.1 Å². The van der Waals surface area contributed by atoms with Crippen LogP contribution < -0.4 is 10.1 Å². The van der Waals surface area contributed by atoms with Gasteiger partial charge in [-0.2, -0.15) is 0 Å². The molecule has 1 aliphatic rings. The average Bonchev–Trinajstić information content (AvgIpc) is 2.36. The van der Waals surface area contributed by atoms with Crippen LogP contribution in [0, 0.1) is 11.3 Å². The molecular weight excluding hydrogens is 258 g/mol. The smallest absolute Gasteiger partial charge is 0.119 e. The minimum Gasteiger partial charge on any atom is -0.497 e. The van der Waals surface area contributed by atoms with Crippen LogP contribution >= 0.6 is 0 Å². The largest absolute Gasteiger partial charge is 0.497 e. The lowest BCUT2D eigenvalue weighted by molar-refractivity contribution is 0.0436. The molecule has 1 aromatic carbocycles. The Labute approximate surface area is 130 Å². The van der Waals surface area contributed by atoms with Crippen molar-refractivity contribution in [2.45, 2.75) is 58.9 Å². The van der Waals surface area contributed by atoms with Crippen LogP contribution in [0.3, 0.4) is 0 Å². The van der Waals surface area contributed by atoms with Gasteiger partial charge < -0.3 is 10.1 Å². The highest BCUT2D eigenvalue weighted by Gasteiger charge is 2.49. The fraction of sp³-hybridized carbons (Fsp3) is 0.684. The van der Waals surface area contributed by atoms with Gasteiger partial charge in [-0.1, -0.05) is 46.8 Å². The third kappa shape index (κ3) is 3.60. The zero-order valence-corrected chi connectivity index (χ0v) is 14.5. The van der Waals surface area contributed by atoms with Crippen molar-refractivity contribution >= 4 is 0 Å². The molecule has 0 spiro atoms. The second kappa shape index (κ2) is 6.00. The molecule has 0 unspecified atom stereocenters. The van der Waals surface area contributed by atoms with Crippen molar-refractivity contribution in [1.29, 1.82) is 0 Å². The molecule has 0 heterocycles. The molecule has 0 saturated heterocycles. The number of hydrogen-bond donors (Lipinski definition) is 1. The maximum absolute atomic E-state index is 5.42. The maximum atomic E-state index is 5.42. The summed E-state index contributed by atoms with van der Waals surface area (Å²) in [5.41, 5.74) is 2.10. The molecule has 2 rings (SSSR count). The van der Waals surface area contributed by atoms with Gasteiger partial charge in [0, 0.05) is 18.0 Å². The standard InChI is InChI=1S/C19H31NO/c1-14(2)20-13-19(11-16(12-19)18(3,4)5)15-8-7-9-17(10-15)21-6/h7-10,14,16,20H,11-13H2,1-6H3. The molecule has 1 saturated carbocycles. The lowest BCUT2D eigenvalue weighted by Gasteiger charge is -2.54. The Balaban J connectivity index is 2.21. The van der Waals surface area contributed by atoms with Crippen LogP contribution in [0.15, 0.2) is 24.3 Å². The fourth-order valence-electron chi connectivity index (χ4n) is 3.33. The summed E-state index contributed by atoms with van der Waals surface area (Å²) >= 11 is 0. The van der Waals surface area contributed by atoms with Crippen LogP contribution in [-0.4, -0.2) is 19.7 Å². The summed E-state index contributed by atoms with van der Waals surface area (Å²) in [6.45, 7) is 12.6. The normalized spacial score (nSPS) is 25.8. The van der Waals surface area contributed by atoms with Gasteiger partial charge in [0.05, 0.1) is 7.11 Å². The van der Waals surface area contributed by atoms with Crippen LogP contribution in [0.1, 0.15) is 53.0 Å². The Morgan fingerprint density at radius 3 is 2.48 bits per heavy atom. The van der Waals surface area contributed by atoms with Crippen molar-refractivity contribution in [1.82, 2.24) is 5.32 Å². The molecule has 21 heavy (non-hydrogen) atoms. The van der Waals surface area contributed by atoms with Gasteiger partial charge in [-0.05, 0) is 41.9 Å². The highest BCUT2D eigenvalue weighted by Crippen LogP contribution is 2.54. The summed E-state index contributed by atoms with van der Waals surface area (Å²) in [5.74, 6) is 1.77. The van der Waals surface area contributed by atoms with Crippen LogP contribution in [0.25, 0.3) is 0 Å². The summed E-state index contributed by atoms with van der Waals surface area (Å²) in [6.07, 6.45) is 2.53. The van der Waals surface area contributed by atoms with E-state index in [1.54, 1.807) is 7.11 Å². The monoisotopic (exact) mass is 289 g/mol. The van der Waals surface area contributed by atoms with Crippen LogP contribution in [0.4, 0.5) is 0 Å². The number of methoxy groups -OCH3 is 1. The van der Waals surface area contributed by atoms with Crippen molar-refractivity contribution in [3.8, 4) is 5.75 Å². The molecule has 118 valence electrons. The zero-order chi connectivity index (χ0) is 15.7. The first kappa shape index (κ1) is 16.4. The first-order valence-corrected chi connectivity index (χ1v) is 8.15. The van der Waals surface area contributed by atoms with E-state index < -0.39 is 0 Å². The number of nitrogens with one attached hydrogen (secondary N) is 1.